The lowest BCUT2D eigenvalue weighted by atomic mass is 10.4. The Bertz CT molecular complexity index is 226. The van der Waals surface area contributed by atoms with Crippen LogP contribution in [-0.2, 0) is 10.0 Å². The Hall–Kier alpha value is -0.170. The van der Waals surface area contributed by atoms with Crippen LogP contribution >= 0.6 is 0 Å². The van der Waals surface area contributed by atoms with Crippen molar-refractivity contribution in [1.29, 1.82) is 0 Å². The molecule has 1 saturated heterocycles. The van der Waals surface area contributed by atoms with E-state index in [-0.39, 0.29) is 0 Å². The van der Waals surface area contributed by atoms with Crippen LogP contribution in [-0.4, -0.2) is 45.4 Å². The Labute approximate surface area is 66.6 Å². The van der Waals surface area contributed by atoms with Crippen LogP contribution in [0, 0.1) is 0 Å². The fourth-order valence-electron chi connectivity index (χ4n) is 1.15. The summed E-state index contributed by atoms with van der Waals surface area (Å²) in [6.45, 7) is 1.97. The molecule has 0 aromatic heterocycles. The molecule has 1 heterocycles. The molecular formula is C5H13N3O2S. The van der Waals surface area contributed by atoms with Crippen LogP contribution in [0.5, 0.6) is 0 Å². The zero-order valence-electron chi connectivity index (χ0n) is 6.45. The molecule has 1 atom stereocenters. The van der Waals surface area contributed by atoms with E-state index in [1.54, 1.807) is 11.9 Å². The predicted octanol–water partition coefficient (Wildman–Crippen LogP) is -1.86. The van der Waals surface area contributed by atoms with Crippen LogP contribution in [0.25, 0.3) is 0 Å². The molecule has 11 heavy (non-hydrogen) atoms. The molecular weight excluding hydrogens is 166 g/mol. The Morgan fingerprint density at radius 3 is 2.64 bits per heavy atom. The second kappa shape index (κ2) is 3.06. The van der Waals surface area contributed by atoms with Crippen molar-refractivity contribution < 1.29 is 8.42 Å². The fraction of sp³-hybridized carbons (Fsp3) is 1.00. The molecule has 0 saturated carbocycles. The first-order valence-electron chi connectivity index (χ1n) is 3.44. The first-order valence-corrected chi connectivity index (χ1v) is 5.05. The number of piperazine rings is 1. The van der Waals surface area contributed by atoms with E-state index in [1.165, 1.54) is 0 Å². The Morgan fingerprint density at radius 1 is 1.64 bits per heavy atom. The number of nitrogens with zero attached hydrogens (tertiary/aromatic N) is 1. The molecule has 1 fully saturated rings. The predicted molar refractivity (Wildman–Crippen MR) is 42.4 cm³/mol. The van der Waals surface area contributed by atoms with Crippen molar-refractivity contribution in [1.82, 2.24) is 10.2 Å². The minimum Gasteiger partial charge on any atom is -0.313 e. The maximum Gasteiger partial charge on any atom is 0.226 e. The van der Waals surface area contributed by atoms with E-state index in [2.05, 4.69) is 5.32 Å². The first-order chi connectivity index (χ1) is 5.02. The highest BCUT2D eigenvalue weighted by molar-refractivity contribution is 7.89. The van der Waals surface area contributed by atoms with Crippen molar-refractivity contribution in [2.75, 3.05) is 26.7 Å². The van der Waals surface area contributed by atoms with Crippen molar-refractivity contribution in [2.45, 2.75) is 5.37 Å². The van der Waals surface area contributed by atoms with Gasteiger partial charge in [-0.2, -0.15) is 0 Å². The number of rotatable bonds is 1. The molecule has 5 nitrogen and oxygen atoms in total. The van der Waals surface area contributed by atoms with Crippen molar-refractivity contribution >= 4 is 10.0 Å². The molecule has 1 aliphatic heterocycles. The van der Waals surface area contributed by atoms with Gasteiger partial charge in [0.25, 0.3) is 0 Å². The van der Waals surface area contributed by atoms with E-state index in [4.69, 9.17) is 5.14 Å². The number of hydrogen-bond donors (Lipinski definition) is 2. The van der Waals surface area contributed by atoms with E-state index in [0.717, 1.165) is 13.1 Å². The van der Waals surface area contributed by atoms with Crippen LogP contribution in [0.4, 0.5) is 0 Å². The molecule has 0 amide bonds. The van der Waals surface area contributed by atoms with Gasteiger partial charge in [-0.1, -0.05) is 0 Å². The van der Waals surface area contributed by atoms with Gasteiger partial charge in [-0.05, 0) is 7.05 Å². The summed E-state index contributed by atoms with van der Waals surface area (Å²) in [5.41, 5.74) is 0. The summed E-state index contributed by atoms with van der Waals surface area (Å²) in [5.74, 6) is 0. The summed E-state index contributed by atoms with van der Waals surface area (Å²) in [5, 5.41) is 7.40. The zero-order valence-corrected chi connectivity index (χ0v) is 7.26. The minimum atomic E-state index is -3.41. The second-order valence-electron chi connectivity index (χ2n) is 2.73. The quantitative estimate of drug-likeness (QED) is 0.495. The van der Waals surface area contributed by atoms with E-state index in [1.807, 2.05) is 0 Å². The number of primary sulfonamides is 1. The average molecular weight is 179 g/mol. The molecule has 3 N–H and O–H groups in total. The fourth-order valence-corrected chi connectivity index (χ4v) is 2.10. The van der Waals surface area contributed by atoms with Gasteiger partial charge in [0.05, 0.1) is 0 Å². The topological polar surface area (TPSA) is 75.4 Å². The Morgan fingerprint density at radius 2 is 2.27 bits per heavy atom. The average Bonchev–Trinajstić information content (AvgIpc) is 1.86. The largest absolute Gasteiger partial charge is 0.313 e. The van der Waals surface area contributed by atoms with Crippen molar-refractivity contribution in [3.05, 3.63) is 0 Å². The maximum absolute atomic E-state index is 10.9. The number of likely N-dealkylation sites (N-methyl/N-ethyl adjacent to an activating group) is 1. The van der Waals surface area contributed by atoms with Gasteiger partial charge in [0.2, 0.25) is 10.0 Å². The van der Waals surface area contributed by atoms with E-state index in [9.17, 15) is 8.42 Å². The minimum absolute atomic E-state index is 0.426. The van der Waals surface area contributed by atoms with Gasteiger partial charge >= 0.3 is 0 Å². The summed E-state index contributed by atoms with van der Waals surface area (Å²) in [7, 11) is -1.65. The number of nitrogens with two attached hydrogens (primary N) is 1. The summed E-state index contributed by atoms with van der Waals surface area (Å²) in [6, 6.07) is 0. The Balaban J connectivity index is 2.70. The van der Waals surface area contributed by atoms with Gasteiger partial charge in [0.1, 0.15) is 5.37 Å². The van der Waals surface area contributed by atoms with Crippen molar-refractivity contribution in [2.24, 2.45) is 5.14 Å². The SMILES string of the molecule is CN1CCNCC1S(N)(=O)=O. The molecule has 0 spiro atoms. The van der Waals surface area contributed by atoms with E-state index in [0.29, 0.717) is 6.54 Å². The lowest BCUT2D eigenvalue weighted by molar-refractivity contribution is 0.255. The smallest absolute Gasteiger partial charge is 0.226 e. The lowest BCUT2D eigenvalue weighted by Crippen LogP contribution is -2.54. The van der Waals surface area contributed by atoms with E-state index < -0.39 is 15.4 Å². The van der Waals surface area contributed by atoms with Crippen LogP contribution in [0.15, 0.2) is 0 Å². The van der Waals surface area contributed by atoms with Gasteiger partial charge in [0.15, 0.2) is 0 Å². The molecule has 1 rings (SSSR count). The second-order valence-corrected chi connectivity index (χ2v) is 4.45. The third-order valence-corrected chi connectivity index (χ3v) is 3.12. The Kier molecular flexibility index (Phi) is 2.48. The van der Waals surface area contributed by atoms with Crippen LogP contribution in [0.1, 0.15) is 0 Å². The third kappa shape index (κ3) is 2.13. The lowest BCUT2D eigenvalue weighted by Gasteiger charge is -2.30. The zero-order chi connectivity index (χ0) is 8.48. The highest BCUT2D eigenvalue weighted by Gasteiger charge is 2.27. The molecule has 0 radical (unpaired) electrons. The van der Waals surface area contributed by atoms with Gasteiger partial charge in [-0.3, -0.25) is 4.90 Å². The van der Waals surface area contributed by atoms with Gasteiger partial charge in [-0.25, -0.2) is 13.6 Å². The summed E-state index contributed by atoms with van der Waals surface area (Å²) in [6.07, 6.45) is 0. The molecule has 0 bridgehead atoms. The highest BCUT2D eigenvalue weighted by Crippen LogP contribution is 2.03. The number of hydrogen-bond acceptors (Lipinski definition) is 4. The molecule has 0 aromatic carbocycles. The normalized spacial score (nSPS) is 28.7. The number of sulfonamides is 1. The van der Waals surface area contributed by atoms with Crippen molar-refractivity contribution in [3.8, 4) is 0 Å². The maximum atomic E-state index is 10.9. The molecule has 0 aromatic rings. The molecule has 66 valence electrons. The molecule has 1 unspecified atom stereocenters. The molecule has 1 aliphatic rings. The van der Waals surface area contributed by atoms with Crippen LogP contribution in [0.2, 0.25) is 0 Å². The van der Waals surface area contributed by atoms with Gasteiger partial charge < -0.3 is 5.32 Å². The third-order valence-electron chi connectivity index (χ3n) is 1.83. The first kappa shape index (κ1) is 8.92. The van der Waals surface area contributed by atoms with Crippen LogP contribution < -0.4 is 10.5 Å². The summed E-state index contributed by atoms with van der Waals surface area (Å²) < 4.78 is 21.8. The molecule has 0 aliphatic carbocycles. The summed E-state index contributed by atoms with van der Waals surface area (Å²) in [4.78, 5) is 1.74. The van der Waals surface area contributed by atoms with Crippen LogP contribution in [0.3, 0.4) is 0 Å². The summed E-state index contributed by atoms with van der Waals surface area (Å²) >= 11 is 0. The standard InChI is InChI=1S/C5H13N3O2S/c1-8-3-2-7-4-5(8)11(6,9)10/h5,7H,2-4H2,1H3,(H2,6,9,10). The highest BCUT2D eigenvalue weighted by atomic mass is 32.2. The number of nitrogens with one attached hydrogen (secondary N) is 1. The monoisotopic (exact) mass is 179 g/mol. The van der Waals surface area contributed by atoms with Crippen molar-refractivity contribution in [3.63, 3.8) is 0 Å². The van der Waals surface area contributed by atoms with Gasteiger partial charge in [0, 0.05) is 19.6 Å². The molecule has 6 heteroatoms. The van der Waals surface area contributed by atoms with E-state index >= 15 is 0 Å². The van der Waals surface area contributed by atoms with Gasteiger partial charge in [-0.15, -0.1) is 0 Å².